The monoisotopic (exact) mass is 530 g/mol. The highest BCUT2D eigenvalue weighted by Gasteiger charge is 2.22. The number of piperazine rings is 1. The van der Waals surface area contributed by atoms with Crippen LogP contribution < -0.4 is 4.72 Å². The van der Waals surface area contributed by atoms with Crippen molar-refractivity contribution >= 4 is 33.4 Å². The van der Waals surface area contributed by atoms with Gasteiger partial charge in [-0.05, 0) is 37.6 Å². The molecule has 1 aliphatic heterocycles. The number of aromatic nitrogens is 5. The lowest BCUT2D eigenvalue weighted by molar-refractivity contribution is 0.0979. The molecule has 0 atom stereocenters. The van der Waals surface area contributed by atoms with Crippen molar-refractivity contribution in [2.24, 2.45) is 0 Å². The predicted molar refractivity (Wildman–Crippen MR) is 137 cm³/mol. The first-order valence-electron chi connectivity index (χ1n) is 11.7. The second-order valence-electron chi connectivity index (χ2n) is 9.03. The van der Waals surface area contributed by atoms with Crippen LogP contribution in [0.3, 0.4) is 0 Å². The molecule has 1 aliphatic rings. The van der Waals surface area contributed by atoms with E-state index >= 15 is 0 Å². The summed E-state index contributed by atoms with van der Waals surface area (Å²) in [6.07, 6.45) is 3.37. The summed E-state index contributed by atoms with van der Waals surface area (Å²) in [6, 6.07) is 6.23. The van der Waals surface area contributed by atoms with Crippen molar-refractivity contribution in [3.05, 3.63) is 47.2 Å². The molecule has 0 spiro atoms. The first-order valence-corrected chi connectivity index (χ1v) is 13.2. The van der Waals surface area contributed by atoms with E-state index in [1.807, 2.05) is 12.1 Å². The minimum absolute atomic E-state index is 0.0516. The van der Waals surface area contributed by atoms with E-state index in [9.17, 15) is 8.42 Å². The number of fused-ring (bicyclic) bond motifs is 1. The van der Waals surface area contributed by atoms with Crippen LogP contribution in [0.25, 0.3) is 33.5 Å². The Morgan fingerprint density at radius 1 is 1.11 bits per heavy atom. The van der Waals surface area contributed by atoms with Gasteiger partial charge in [0, 0.05) is 61.5 Å². The molecule has 11 nitrogen and oxygen atoms in total. The first-order chi connectivity index (χ1) is 17.4. The Labute approximate surface area is 214 Å². The Morgan fingerprint density at radius 3 is 2.67 bits per heavy atom. The van der Waals surface area contributed by atoms with Crippen molar-refractivity contribution in [3.63, 3.8) is 0 Å². The van der Waals surface area contributed by atoms with Crippen LogP contribution in [0, 0.1) is 0 Å². The predicted octanol–water partition coefficient (Wildman–Crippen LogP) is 2.47. The number of aromatic amines is 1. The van der Waals surface area contributed by atoms with Gasteiger partial charge in [0.15, 0.2) is 0 Å². The highest BCUT2D eigenvalue weighted by atomic mass is 35.5. The topological polar surface area (TPSA) is 133 Å². The third-order valence-electron chi connectivity index (χ3n) is 6.40. The number of benzene rings is 1. The van der Waals surface area contributed by atoms with Crippen LogP contribution in [-0.2, 0) is 24.0 Å². The number of hydrogen-bond donors (Lipinski definition) is 3. The largest absolute Gasteiger partial charge is 0.419 e. The van der Waals surface area contributed by atoms with Gasteiger partial charge in [0.1, 0.15) is 5.15 Å². The van der Waals surface area contributed by atoms with Gasteiger partial charge in [-0.2, -0.15) is 5.10 Å². The van der Waals surface area contributed by atoms with Gasteiger partial charge in [0.25, 0.3) is 0 Å². The van der Waals surface area contributed by atoms with Gasteiger partial charge in [-0.15, -0.1) is 10.2 Å². The van der Waals surface area contributed by atoms with Crippen molar-refractivity contribution in [1.29, 1.82) is 0 Å². The van der Waals surface area contributed by atoms with E-state index < -0.39 is 10.9 Å². The fourth-order valence-electron chi connectivity index (χ4n) is 4.38. The van der Waals surface area contributed by atoms with E-state index in [2.05, 4.69) is 53.7 Å². The number of nitrogens with one attached hydrogen (secondary N) is 2. The minimum atomic E-state index is -2.75. The molecule has 13 heteroatoms. The quantitative estimate of drug-likeness (QED) is 0.232. The van der Waals surface area contributed by atoms with Gasteiger partial charge in [0.05, 0.1) is 23.8 Å². The number of H-pyrrole nitrogens is 1. The zero-order valence-electron chi connectivity index (χ0n) is 19.9. The molecule has 190 valence electrons. The van der Waals surface area contributed by atoms with Crippen molar-refractivity contribution in [1.82, 2.24) is 39.9 Å². The van der Waals surface area contributed by atoms with Gasteiger partial charge in [-0.25, -0.2) is 18.1 Å². The summed E-state index contributed by atoms with van der Waals surface area (Å²) < 4.78 is 30.3. The highest BCUT2D eigenvalue weighted by molar-refractivity contribution is 7.70. The van der Waals surface area contributed by atoms with Gasteiger partial charge in [-0.3, -0.25) is 14.9 Å². The van der Waals surface area contributed by atoms with Crippen LogP contribution in [0.4, 0.5) is 0 Å². The smallest absolute Gasteiger partial charge is 0.248 e. The van der Waals surface area contributed by atoms with Crippen LogP contribution in [0.1, 0.15) is 25.3 Å². The second-order valence-corrected chi connectivity index (χ2v) is 10.2. The Bertz CT molecular complexity index is 1430. The van der Waals surface area contributed by atoms with E-state index in [0.717, 1.165) is 53.8 Å². The number of rotatable bonds is 8. The molecular weight excluding hydrogens is 504 g/mol. The van der Waals surface area contributed by atoms with Crippen LogP contribution in [0.5, 0.6) is 0 Å². The van der Waals surface area contributed by atoms with Gasteiger partial charge < -0.3 is 4.42 Å². The first kappa shape index (κ1) is 24.8. The molecule has 36 heavy (non-hydrogen) atoms. The summed E-state index contributed by atoms with van der Waals surface area (Å²) in [5.74, 6) is 0.976. The van der Waals surface area contributed by atoms with Gasteiger partial charge in [-0.1, -0.05) is 11.6 Å². The average molecular weight is 531 g/mol. The maximum absolute atomic E-state index is 10.9. The molecule has 0 saturated carbocycles. The number of halogens is 1. The van der Waals surface area contributed by atoms with Crippen LogP contribution in [0.2, 0.25) is 5.15 Å². The third kappa shape index (κ3) is 5.42. The Hall–Kier alpha value is -2.90. The lowest BCUT2D eigenvalue weighted by atomic mass is 10.0. The molecule has 0 radical (unpaired) electrons. The Morgan fingerprint density at radius 2 is 1.92 bits per heavy atom. The molecule has 5 rings (SSSR count). The highest BCUT2D eigenvalue weighted by Crippen LogP contribution is 2.33. The van der Waals surface area contributed by atoms with Crippen molar-refractivity contribution in [2.75, 3.05) is 26.2 Å². The number of thiol groups is 1. The lowest BCUT2D eigenvalue weighted by Gasteiger charge is -2.36. The van der Waals surface area contributed by atoms with E-state index in [0.29, 0.717) is 29.9 Å². The summed E-state index contributed by atoms with van der Waals surface area (Å²) >= 11 is 6.17. The third-order valence-corrected chi connectivity index (χ3v) is 7.15. The van der Waals surface area contributed by atoms with Gasteiger partial charge >= 0.3 is 0 Å². The molecule has 0 bridgehead atoms. The van der Waals surface area contributed by atoms with Crippen LogP contribution >= 0.6 is 11.6 Å². The number of nitrogens with zero attached hydrogens (tertiary/aromatic N) is 6. The SMILES string of the molecule is CC(C)N1CCN(Cc2nnc(-c3cc(-c4cnc(Cl)c(CN[SH](=O)=O)c4)cc4[nH]ncc34)o2)CC1. The molecule has 0 aliphatic carbocycles. The molecule has 1 fully saturated rings. The second kappa shape index (κ2) is 10.6. The summed E-state index contributed by atoms with van der Waals surface area (Å²) in [6.45, 7) is 9.05. The Balaban J connectivity index is 1.41. The minimum Gasteiger partial charge on any atom is -0.419 e. The van der Waals surface area contributed by atoms with Crippen molar-refractivity contribution in [2.45, 2.75) is 33.0 Å². The van der Waals surface area contributed by atoms with Gasteiger partial charge in [0.2, 0.25) is 22.7 Å². The maximum atomic E-state index is 10.9. The van der Waals surface area contributed by atoms with Crippen LogP contribution in [-0.4, -0.2) is 75.8 Å². The average Bonchev–Trinajstić information content (AvgIpc) is 3.53. The molecule has 3 aromatic heterocycles. The molecular formula is C23H27ClN8O3S. The summed E-state index contributed by atoms with van der Waals surface area (Å²) in [5, 5.41) is 16.9. The summed E-state index contributed by atoms with van der Waals surface area (Å²) in [7, 11) is -2.75. The number of hydrogen-bond acceptors (Lipinski definition) is 9. The molecule has 0 unspecified atom stereocenters. The molecule has 2 N–H and O–H groups in total. The van der Waals surface area contributed by atoms with E-state index in [1.165, 1.54) is 0 Å². The molecule has 0 amide bonds. The molecule has 4 aromatic rings. The molecule has 1 aromatic carbocycles. The van der Waals surface area contributed by atoms with E-state index in [1.54, 1.807) is 18.5 Å². The van der Waals surface area contributed by atoms with E-state index in [-0.39, 0.29) is 11.7 Å². The normalized spacial score (nSPS) is 15.5. The maximum Gasteiger partial charge on any atom is 0.248 e. The van der Waals surface area contributed by atoms with Crippen LogP contribution in [0.15, 0.2) is 35.0 Å². The Kier molecular flexibility index (Phi) is 7.30. The van der Waals surface area contributed by atoms with E-state index in [4.69, 9.17) is 16.0 Å². The number of pyridine rings is 1. The summed E-state index contributed by atoms with van der Waals surface area (Å²) in [5.41, 5.74) is 3.69. The van der Waals surface area contributed by atoms with Crippen molar-refractivity contribution < 1.29 is 12.8 Å². The standard InChI is InChI=1S/C23H27ClN8O3S/c1-14(2)32-5-3-31(4-6-32)13-21-29-30-23(35-21)18-8-15(9-20-19(18)12-26-28-20)16-7-17(11-27-36(33)34)22(24)25-10-16/h7-10,12,14,36H,3-6,11,13H2,1-2H3,(H,26,28)(H,27,33,34). The lowest BCUT2D eigenvalue weighted by Crippen LogP contribution is -2.48. The van der Waals surface area contributed by atoms with Crippen molar-refractivity contribution in [3.8, 4) is 22.6 Å². The zero-order valence-corrected chi connectivity index (χ0v) is 21.6. The molecule has 1 saturated heterocycles. The molecule has 4 heterocycles. The zero-order chi connectivity index (χ0) is 25.2. The summed E-state index contributed by atoms with van der Waals surface area (Å²) in [4.78, 5) is 9.02. The fraction of sp³-hybridized carbons (Fsp3) is 0.391. The fourth-order valence-corrected chi connectivity index (χ4v) is 4.85.